The van der Waals surface area contributed by atoms with Crippen molar-refractivity contribution in [3.8, 4) is 11.6 Å². The molecule has 0 bridgehead atoms. The number of hydrogen-bond donors (Lipinski definition) is 1. The number of nitrogens with one attached hydrogen (secondary N) is 1. The van der Waals surface area contributed by atoms with Crippen LogP contribution in [0.5, 0.6) is 11.6 Å². The summed E-state index contributed by atoms with van der Waals surface area (Å²) in [5.74, 6) is 0.690. The molecule has 0 amide bonds. The van der Waals surface area contributed by atoms with E-state index in [1.54, 1.807) is 23.9 Å². The van der Waals surface area contributed by atoms with Crippen LogP contribution in [0.4, 0.5) is 0 Å². The number of nitrogens with zero attached hydrogens (tertiary/aromatic N) is 1. The first-order valence-electron chi connectivity index (χ1n) is 4.76. The first kappa shape index (κ1) is 12.0. The molecule has 0 aliphatic rings. The summed E-state index contributed by atoms with van der Waals surface area (Å²) in [6.07, 6.45) is 3.24. The van der Waals surface area contributed by atoms with E-state index in [9.17, 15) is 4.79 Å². The molecule has 17 heavy (non-hydrogen) atoms. The maximum Gasteiger partial charge on any atom is 0.273 e. The van der Waals surface area contributed by atoms with E-state index in [4.69, 9.17) is 16.3 Å². The monoisotopic (exact) mass is 268 g/mol. The lowest BCUT2D eigenvalue weighted by Crippen LogP contribution is -2.07. The molecule has 0 radical (unpaired) electrons. The number of ether oxygens (including phenoxy) is 1. The second-order valence-electron chi connectivity index (χ2n) is 3.13. The lowest BCUT2D eigenvalue weighted by molar-refractivity contribution is 0.460. The van der Waals surface area contributed by atoms with Crippen molar-refractivity contribution in [2.45, 2.75) is 4.90 Å². The van der Waals surface area contributed by atoms with E-state index in [0.717, 1.165) is 4.90 Å². The first-order chi connectivity index (χ1) is 8.20. The topological polar surface area (TPSA) is 55.0 Å². The average Bonchev–Trinajstić information content (AvgIpc) is 2.36. The quantitative estimate of drug-likeness (QED) is 0.870. The zero-order valence-electron chi connectivity index (χ0n) is 8.94. The Balaban J connectivity index is 2.25. The summed E-state index contributed by atoms with van der Waals surface area (Å²) in [5, 5.41) is -0.0542. The highest BCUT2D eigenvalue weighted by atomic mass is 35.5. The normalized spacial score (nSPS) is 10.2. The highest BCUT2D eigenvalue weighted by molar-refractivity contribution is 7.98. The minimum atomic E-state index is -0.419. The van der Waals surface area contributed by atoms with Crippen LogP contribution < -0.4 is 10.3 Å². The van der Waals surface area contributed by atoms with Crippen LogP contribution in [0.3, 0.4) is 0 Å². The third-order valence-electron chi connectivity index (χ3n) is 2.04. The van der Waals surface area contributed by atoms with Gasteiger partial charge in [-0.05, 0) is 30.5 Å². The first-order valence-corrected chi connectivity index (χ1v) is 6.36. The Kier molecular flexibility index (Phi) is 3.71. The Morgan fingerprint density at radius 1 is 1.35 bits per heavy atom. The Bertz CT molecular complexity index is 568. The SMILES string of the molecule is CSc1ccc(Oc2nc[nH]c(=O)c2Cl)cc1. The third kappa shape index (κ3) is 2.81. The van der Waals surface area contributed by atoms with Gasteiger partial charge < -0.3 is 9.72 Å². The van der Waals surface area contributed by atoms with Gasteiger partial charge in [-0.2, -0.15) is 0 Å². The van der Waals surface area contributed by atoms with Crippen LogP contribution in [0.25, 0.3) is 0 Å². The summed E-state index contributed by atoms with van der Waals surface area (Å²) in [5.41, 5.74) is -0.419. The van der Waals surface area contributed by atoms with E-state index in [2.05, 4.69) is 9.97 Å². The summed E-state index contributed by atoms with van der Waals surface area (Å²) in [6.45, 7) is 0. The second-order valence-corrected chi connectivity index (χ2v) is 4.39. The van der Waals surface area contributed by atoms with E-state index in [1.165, 1.54) is 6.33 Å². The van der Waals surface area contributed by atoms with Crippen molar-refractivity contribution < 1.29 is 4.74 Å². The molecule has 88 valence electrons. The molecule has 0 saturated heterocycles. The minimum absolute atomic E-state index is 0.0542. The van der Waals surface area contributed by atoms with Gasteiger partial charge in [0, 0.05) is 4.90 Å². The average molecular weight is 269 g/mol. The van der Waals surface area contributed by atoms with E-state index in [0.29, 0.717) is 5.75 Å². The number of H-pyrrole nitrogens is 1. The van der Waals surface area contributed by atoms with Crippen LogP contribution in [0.15, 0.2) is 40.3 Å². The van der Waals surface area contributed by atoms with Gasteiger partial charge in [-0.3, -0.25) is 4.79 Å². The fourth-order valence-electron chi connectivity index (χ4n) is 1.19. The summed E-state index contributed by atoms with van der Waals surface area (Å²) in [7, 11) is 0. The number of benzene rings is 1. The van der Waals surface area contributed by atoms with Crippen LogP contribution in [0.2, 0.25) is 5.02 Å². The molecular formula is C11H9ClN2O2S. The van der Waals surface area contributed by atoms with Crippen molar-refractivity contribution >= 4 is 23.4 Å². The van der Waals surface area contributed by atoms with Crippen molar-refractivity contribution in [1.82, 2.24) is 9.97 Å². The van der Waals surface area contributed by atoms with Gasteiger partial charge in [0.25, 0.3) is 5.56 Å². The molecule has 6 heteroatoms. The van der Waals surface area contributed by atoms with E-state index in [-0.39, 0.29) is 10.9 Å². The molecule has 0 fully saturated rings. The van der Waals surface area contributed by atoms with E-state index < -0.39 is 5.56 Å². The van der Waals surface area contributed by atoms with Gasteiger partial charge in [-0.1, -0.05) is 11.6 Å². The molecule has 2 aromatic rings. The molecular weight excluding hydrogens is 260 g/mol. The van der Waals surface area contributed by atoms with Crippen molar-refractivity contribution in [2.24, 2.45) is 0 Å². The molecule has 4 nitrogen and oxygen atoms in total. The minimum Gasteiger partial charge on any atom is -0.437 e. The number of halogens is 1. The Labute approximate surface area is 107 Å². The van der Waals surface area contributed by atoms with E-state index >= 15 is 0 Å². The molecule has 1 N–H and O–H groups in total. The molecule has 1 heterocycles. The molecule has 0 saturated carbocycles. The van der Waals surface area contributed by atoms with Gasteiger partial charge in [-0.25, -0.2) is 4.98 Å². The zero-order valence-corrected chi connectivity index (χ0v) is 10.5. The van der Waals surface area contributed by atoms with Crippen molar-refractivity contribution in [3.05, 3.63) is 46.0 Å². The molecule has 0 atom stereocenters. The van der Waals surface area contributed by atoms with Gasteiger partial charge in [0.15, 0.2) is 5.02 Å². The molecule has 0 unspecified atom stereocenters. The number of thioether (sulfide) groups is 1. The maximum absolute atomic E-state index is 11.2. The van der Waals surface area contributed by atoms with Crippen molar-refractivity contribution in [1.29, 1.82) is 0 Å². The lowest BCUT2D eigenvalue weighted by Gasteiger charge is -2.05. The summed E-state index contributed by atoms with van der Waals surface area (Å²) >= 11 is 7.40. The van der Waals surface area contributed by atoms with Crippen LogP contribution in [-0.2, 0) is 0 Å². The second kappa shape index (κ2) is 5.25. The number of rotatable bonds is 3. The fraction of sp³-hybridized carbons (Fsp3) is 0.0909. The van der Waals surface area contributed by atoms with Crippen LogP contribution >= 0.6 is 23.4 Å². The highest BCUT2D eigenvalue weighted by Crippen LogP contribution is 2.25. The largest absolute Gasteiger partial charge is 0.437 e. The predicted octanol–water partition coefficient (Wildman–Crippen LogP) is 2.94. The molecule has 0 spiro atoms. The highest BCUT2D eigenvalue weighted by Gasteiger charge is 2.07. The molecule has 0 aliphatic carbocycles. The smallest absolute Gasteiger partial charge is 0.273 e. The van der Waals surface area contributed by atoms with Crippen LogP contribution in [0.1, 0.15) is 0 Å². The number of hydrogen-bond acceptors (Lipinski definition) is 4. The fourth-order valence-corrected chi connectivity index (χ4v) is 1.74. The van der Waals surface area contributed by atoms with Gasteiger partial charge >= 0.3 is 0 Å². The van der Waals surface area contributed by atoms with Gasteiger partial charge in [0.05, 0.1) is 6.33 Å². The zero-order chi connectivity index (χ0) is 12.3. The lowest BCUT2D eigenvalue weighted by atomic mass is 10.3. The summed E-state index contributed by atoms with van der Waals surface area (Å²) in [6, 6.07) is 7.43. The van der Waals surface area contributed by atoms with Gasteiger partial charge in [0.1, 0.15) is 5.75 Å². The van der Waals surface area contributed by atoms with Crippen molar-refractivity contribution in [3.63, 3.8) is 0 Å². The van der Waals surface area contributed by atoms with Gasteiger partial charge in [-0.15, -0.1) is 11.8 Å². The van der Waals surface area contributed by atoms with E-state index in [1.807, 2.05) is 18.4 Å². The molecule has 1 aromatic heterocycles. The molecule has 1 aromatic carbocycles. The van der Waals surface area contributed by atoms with Crippen LogP contribution in [0, 0.1) is 0 Å². The molecule has 2 rings (SSSR count). The predicted molar refractivity (Wildman–Crippen MR) is 68.2 cm³/mol. The Hall–Kier alpha value is -1.46. The Morgan fingerprint density at radius 3 is 2.71 bits per heavy atom. The third-order valence-corrected chi connectivity index (χ3v) is 3.12. The summed E-state index contributed by atoms with van der Waals surface area (Å²) in [4.78, 5) is 18.6. The van der Waals surface area contributed by atoms with Crippen molar-refractivity contribution in [2.75, 3.05) is 6.26 Å². The summed E-state index contributed by atoms with van der Waals surface area (Å²) < 4.78 is 5.42. The van der Waals surface area contributed by atoms with Crippen LogP contribution in [-0.4, -0.2) is 16.2 Å². The number of aromatic amines is 1. The Morgan fingerprint density at radius 2 is 2.06 bits per heavy atom. The maximum atomic E-state index is 11.2. The molecule has 0 aliphatic heterocycles. The number of aromatic nitrogens is 2. The standard InChI is InChI=1S/C11H9ClN2O2S/c1-17-8-4-2-7(3-5-8)16-11-9(12)10(15)13-6-14-11/h2-6H,1H3,(H,13,14,15). The van der Waals surface area contributed by atoms with Gasteiger partial charge in [0.2, 0.25) is 5.88 Å².